The summed E-state index contributed by atoms with van der Waals surface area (Å²) in [5.41, 5.74) is 0.473. The van der Waals surface area contributed by atoms with Crippen LogP contribution >= 0.6 is 0 Å². The lowest BCUT2D eigenvalue weighted by molar-refractivity contribution is -0.132. The van der Waals surface area contributed by atoms with Crippen molar-refractivity contribution in [2.24, 2.45) is 5.92 Å². The number of aliphatic carboxylic acids is 1. The van der Waals surface area contributed by atoms with Crippen molar-refractivity contribution in [1.29, 1.82) is 0 Å². The van der Waals surface area contributed by atoms with Crippen molar-refractivity contribution in [2.45, 2.75) is 59.3 Å². The summed E-state index contributed by atoms with van der Waals surface area (Å²) in [6.07, 6.45) is 8.91. The fraction of sp³-hybridized carbons (Fsp3) is 0.769. The van der Waals surface area contributed by atoms with Gasteiger partial charge in [-0.05, 0) is 25.7 Å². The highest BCUT2D eigenvalue weighted by Crippen LogP contribution is 2.18. The molecule has 0 amide bonds. The molecule has 0 aliphatic carbocycles. The molecule has 0 aliphatic rings. The Balaban J connectivity index is 3.80. The van der Waals surface area contributed by atoms with Gasteiger partial charge in [-0.1, -0.05) is 45.6 Å². The number of hydrogen-bond donors (Lipinski definition) is 1. The molecular weight excluding hydrogens is 188 g/mol. The van der Waals surface area contributed by atoms with Gasteiger partial charge in [0.05, 0.1) is 0 Å². The van der Waals surface area contributed by atoms with Gasteiger partial charge in [0.2, 0.25) is 0 Å². The standard InChI is InChI=1S/C13H24O2/c1-4-6-9-12(5-2)10-7-8-11(3)13(14)15/h8,12H,4-7,9-10H2,1-3H3,(H,14,15). The summed E-state index contributed by atoms with van der Waals surface area (Å²) in [6, 6.07) is 0. The first kappa shape index (κ1) is 14.2. The number of allylic oxidation sites excluding steroid dienone is 1. The van der Waals surface area contributed by atoms with Crippen molar-refractivity contribution in [3.8, 4) is 0 Å². The smallest absolute Gasteiger partial charge is 0.330 e. The Hall–Kier alpha value is -0.790. The normalized spacial score (nSPS) is 13.9. The van der Waals surface area contributed by atoms with Gasteiger partial charge in [-0.25, -0.2) is 4.79 Å². The zero-order valence-corrected chi connectivity index (χ0v) is 10.3. The van der Waals surface area contributed by atoms with Gasteiger partial charge in [-0.3, -0.25) is 0 Å². The van der Waals surface area contributed by atoms with Gasteiger partial charge in [0, 0.05) is 5.57 Å². The molecule has 0 bridgehead atoms. The van der Waals surface area contributed by atoms with Crippen molar-refractivity contribution in [3.63, 3.8) is 0 Å². The van der Waals surface area contributed by atoms with E-state index in [1.165, 1.54) is 25.7 Å². The lowest BCUT2D eigenvalue weighted by Crippen LogP contribution is -2.00. The van der Waals surface area contributed by atoms with Crippen LogP contribution in [0.2, 0.25) is 0 Å². The summed E-state index contributed by atoms with van der Waals surface area (Å²) >= 11 is 0. The SMILES string of the molecule is CCCCC(CC)CCC=C(C)C(=O)O. The van der Waals surface area contributed by atoms with Crippen molar-refractivity contribution < 1.29 is 9.90 Å². The number of carboxylic acid groups (broad SMARTS) is 1. The van der Waals surface area contributed by atoms with Gasteiger partial charge in [0.15, 0.2) is 0 Å². The van der Waals surface area contributed by atoms with E-state index >= 15 is 0 Å². The van der Waals surface area contributed by atoms with Crippen LogP contribution in [0.15, 0.2) is 11.6 Å². The predicted molar refractivity (Wildman–Crippen MR) is 63.9 cm³/mol. The summed E-state index contributed by atoms with van der Waals surface area (Å²) in [4.78, 5) is 10.5. The highest BCUT2D eigenvalue weighted by Gasteiger charge is 2.05. The van der Waals surface area contributed by atoms with Crippen LogP contribution < -0.4 is 0 Å². The Bertz CT molecular complexity index is 207. The molecule has 0 saturated carbocycles. The number of carbonyl (C=O) groups is 1. The van der Waals surface area contributed by atoms with E-state index in [0.29, 0.717) is 5.57 Å². The summed E-state index contributed by atoms with van der Waals surface area (Å²) in [6.45, 7) is 6.09. The molecule has 0 aliphatic heterocycles. The topological polar surface area (TPSA) is 37.3 Å². The van der Waals surface area contributed by atoms with Crippen molar-refractivity contribution >= 4 is 5.97 Å². The summed E-state index contributed by atoms with van der Waals surface area (Å²) in [5, 5.41) is 8.68. The van der Waals surface area contributed by atoms with Crippen LogP contribution in [0.3, 0.4) is 0 Å². The maximum Gasteiger partial charge on any atom is 0.330 e. The van der Waals surface area contributed by atoms with Gasteiger partial charge in [0.1, 0.15) is 0 Å². The third-order valence-corrected chi connectivity index (χ3v) is 2.91. The average molecular weight is 212 g/mol. The van der Waals surface area contributed by atoms with Crippen LogP contribution in [-0.2, 0) is 4.79 Å². The summed E-state index contributed by atoms with van der Waals surface area (Å²) < 4.78 is 0. The molecule has 1 unspecified atom stereocenters. The second-order valence-corrected chi connectivity index (χ2v) is 4.19. The van der Waals surface area contributed by atoms with Gasteiger partial charge >= 0.3 is 5.97 Å². The van der Waals surface area contributed by atoms with E-state index in [9.17, 15) is 4.79 Å². The molecule has 15 heavy (non-hydrogen) atoms. The first-order chi connectivity index (χ1) is 7.11. The van der Waals surface area contributed by atoms with Crippen molar-refractivity contribution in [1.82, 2.24) is 0 Å². The minimum Gasteiger partial charge on any atom is -0.478 e. The van der Waals surface area contributed by atoms with Crippen LogP contribution in [0, 0.1) is 5.92 Å². The molecule has 0 aromatic heterocycles. The maximum atomic E-state index is 10.5. The molecule has 0 spiro atoms. The molecule has 0 aromatic carbocycles. The minimum absolute atomic E-state index is 0.473. The number of carboxylic acids is 1. The largest absolute Gasteiger partial charge is 0.478 e. The molecule has 0 fully saturated rings. The van der Waals surface area contributed by atoms with Crippen molar-refractivity contribution in [3.05, 3.63) is 11.6 Å². The molecule has 0 heterocycles. The van der Waals surface area contributed by atoms with E-state index in [-0.39, 0.29) is 0 Å². The molecule has 0 rings (SSSR count). The zero-order valence-electron chi connectivity index (χ0n) is 10.3. The Morgan fingerprint density at radius 1 is 1.33 bits per heavy atom. The fourth-order valence-electron chi connectivity index (χ4n) is 1.67. The highest BCUT2D eigenvalue weighted by molar-refractivity contribution is 5.85. The first-order valence-electron chi connectivity index (χ1n) is 6.01. The third-order valence-electron chi connectivity index (χ3n) is 2.91. The minimum atomic E-state index is -0.795. The molecule has 88 valence electrons. The number of unbranched alkanes of at least 4 members (excludes halogenated alkanes) is 1. The average Bonchev–Trinajstić information content (AvgIpc) is 2.22. The Kier molecular flexibility index (Phi) is 8.06. The molecule has 1 atom stereocenters. The Labute approximate surface area is 93.4 Å². The van der Waals surface area contributed by atoms with Crippen LogP contribution in [0.25, 0.3) is 0 Å². The molecule has 0 radical (unpaired) electrons. The fourth-order valence-corrected chi connectivity index (χ4v) is 1.67. The van der Waals surface area contributed by atoms with Gasteiger partial charge in [0.25, 0.3) is 0 Å². The zero-order chi connectivity index (χ0) is 11.7. The highest BCUT2D eigenvalue weighted by atomic mass is 16.4. The van der Waals surface area contributed by atoms with Gasteiger partial charge < -0.3 is 5.11 Å². The molecule has 0 saturated heterocycles. The van der Waals surface area contributed by atoms with Crippen LogP contribution in [0.4, 0.5) is 0 Å². The molecule has 2 heteroatoms. The van der Waals surface area contributed by atoms with Gasteiger partial charge in [-0.2, -0.15) is 0 Å². The van der Waals surface area contributed by atoms with E-state index in [0.717, 1.165) is 18.8 Å². The monoisotopic (exact) mass is 212 g/mol. The lowest BCUT2D eigenvalue weighted by Gasteiger charge is -2.12. The molecule has 1 N–H and O–H groups in total. The molecular formula is C13H24O2. The summed E-state index contributed by atoms with van der Waals surface area (Å²) in [7, 11) is 0. The summed E-state index contributed by atoms with van der Waals surface area (Å²) in [5.74, 6) is -0.0283. The predicted octanol–water partition coefficient (Wildman–Crippen LogP) is 4.01. The van der Waals surface area contributed by atoms with E-state index in [2.05, 4.69) is 13.8 Å². The van der Waals surface area contributed by atoms with E-state index in [1.807, 2.05) is 6.08 Å². The Morgan fingerprint density at radius 3 is 2.47 bits per heavy atom. The first-order valence-corrected chi connectivity index (χ1v) is 6.01. The van der Waals surface area contributed by atoms with Crippen LogP contribution in [0.5, 0.6) is 0 Å². The quantitative estimate of drug-likeness (QED) is 0.617. The Morgan fingerprint density at radius 2 is 2.00 bits per heavy atom. The van der Waals surface area contributed by atoms with E-state index < -0.39 is 5.97 Å². The number of hydrogen-bond acceptors (Lipinski definition) is 1. The van der Waals surface area contributed by atoms with Crippen LogP contribution in [0.1, 0.15) is 59.3 Å². The lowest BCUT2D eigenvalue weighted by atomic mass is 9.94. The third kappa shape index (κ3) is 7.18. The maximum absolute atomic E-state index is 10.5. The second kappa shape index (κ2) is 8.51. The second-order valence-electron chi connectivity index (χ2n) is 4.19. The molecule has 2 nitrogen and oxygen atoms in total. The van der Waals surface area contributed by atoms with E-state index in [1.54, 1.807) is 6.92 Å². The van der Waals surface area contributed by atoms with Crippen molar-refractivity contribution in [2.75, 3.05) is 0 Å². The van der Waals surface area contributed by atoms with E-state index in [4.69, 9.17) is 5.11 Å². The number of rotatable bonds is 8. The van der Waals surface area contributed by atoms with Gasteiger partial charge in [-0.15, -0.1) is 0 Å². The molecule has 0 aromatic rings. The van der Waals surface area contributed by atoms with Crippen LogP contribution in [-0.4, -0.2) is 11.1 Å².